The van der Waals surface area contributed by atoms with Crippen molar-refractivity contribution in [1.29, 1.82) is 0 Å². The maximum absolute atomic E-state index is 10.6. The number of amides is 1. The molecule has 0 saturated carbocycles. The van der Waals surface area contributed by atoms with E-state index < -0.39 is 0 Å². The van der Waals surface area contributed by atoms with E-state index in [1.165, 1.54) is 0 Å². The van der Waals surface area contributed by atoms with E-state index in [2.05, 4.69) is 10.6 Å². The van der Waals surface area contributed by atoms with E-state index in [1.54, 1.807) is 0 Å². The van der Waals surface area contributed by atoms with Crippen LogP contribution in [0, 0.1) is 0 Å². The van der Waals surface area contributed by atoms with Crippen LogP contribution in [-0.2, 0) is 4.74 Å². The molecule has 0 spiro atoms. The Labute approximate surface area is 97.2 Å². The number of hydrogen-bond acceptors (Lipinski definition) is 3. The molecule has 0 unspecified atom stereocenters. The van der Waals surface area contributed by atoms with Gasteiger partial charge in [-0.2, -0.15) is 13.5 Å². The summed E-state index contributed by atoms with van der Waals surface area (Å²) in [5.41, 5.74) is 0. The molecule has 0 aromatic rings. The Morgan fingerprint density at radius 2 is 1.86 bits per heavy atom. The molecule has 0 atom stereocenters. The van der Waals surface area contributed by atoms with Gasteiger partial charge in [-0.05, 0) is 13.5 Å². The summed E-state index contributed by atoms with van der Waals surface area (Å²) in [6.45, 7) is 10.5. The highest BCUT2D eigenvalue weighted by atomic mass is 32.1. The summed E-state index contributed by atoms with van der Waals surface area (Å²) in [7, 11) is 0. The van der Waals surface area contributed by atoms with Crippen molar-refractivity contribution in [2.24, 2.45) is 0 Å². The molecular formula is C9H28N2O2S. The molecule has 0 aromatic carbocycles. The molecule has 0 aliphatic heterocycles. The molecule has 92 valence electrons. The number of ether oxygens (including phenoxy) is 1. The lowest BCUT2D eigenvalue weighted by Crippen LogP contribution is -2.27. The van der Waals surface area contributed by atoms with Crippen LogP contribution in [0.15, 0.2) is 0 Å². The molecule has 2 N–H and O–H groups in total. The van der Waals surface area contributed by atoms with Gasteiger partial charge in [-0.1, -0.05) is 20.8 Å². The number of rotatable bonds is 5. The zero-order chi connectivity index (χ0) is 10.5. The van der Waals surface area contributed by atoms with Crippen molar-refractivity contribution in [2.75, 3.05) is 26.2 Å². The van der Waals surface area contributed by atoms with Gasteiger partial charge in [-0.3, -0.25) is 0 Å². The van der Waals surface area contributed by atoms with Gasteiger partial charge in [0.2, 0.25) is 0 Å². The number of alkyl carbamates (subject to hydrolysis) is 1. The Kier molecular flexibility index (Phi) is 25.2. The molecule has 0 radical (unpaired) electrons. The average Bonchev–Trinajstić information content (AvgIpc) is 2.16. The lowest BCUT2D eigenvalue weighted by atomic mass is 10.6. The minimum Gasteiger partial charge on any atom is -0.448 e. The largest absolute Gasteiger partial charge is 0.448 e. The standard InChI is InChI=1S/C7H16N2O2.C2H6.H2S.2H2/c1-3-8-5-6-11-7(10)9-4-2;1-2;;;/h8H,3-6H2,1-2H3,(H,9,10);1-2H3;1H2;2*1H. The van der Waals surface area contributed by atoms with Crippen LogP contribution in [0.1, 0.15) is 30.5 Å². The molecule has 0 aromatic heterocycles. The first-order valence-corrected chi connectivity index (χ1v) is 4.92. The molecule has 0 heterocycles. The predicted octanol–water partition coefficient (Wildman–Crippen LogP) is 1.97. The lowest BCUT2D eigenvalue weighted by molar-refractivity contribution is 0.147. The van der Waals surface area contributed by atoms with Crippen molar-refractivity contribution < 1.29 is 12.4 Å². The highest BCUT2D eigenvalue weighted by molar-refractivity contribution is 7.59. The van der Waals surface area contributed by atoms with E-state index in [4.69, 9.17) is 4.74 Å². The zero-order valence-corrected chi connectivity index (χ0v) is 10.6. The van der Waals surface area contributed by atoms with Crippen molar-refractivity contribution in [3.63, 3.8) is 0 Å². The van der Waals surface area contributed by atoms with E-state index in [1.807, 2.05) is 27.7 Å². The molecule has 4 nitrogen and oxygen atoms in total. The second kappa shape index (κ2) is 18.4. The van der Waals surface area contributed by atoms with Crippen LogP contribution >= 0.6 is 13.5 Å². The fourth-order valence-corrected chi connectivity index (χ4v) is 0.588. The molecule has 0 bridgehead atoms. The third-order valence-corrected chi connectivity index (χ3v) is 1.08. The predicted molar refractivity (Wildman–Crippen MR) is 69.5 cm³/mol. The number of likely N-dealkylation sites (N-methyl/N-ethyl adjacent to an activating group) is 1. The van der Waals surface area contributed by atoms with Crippen molar-refractivity contribution in [2.45, 2.75) is 27.7 Å². The van der Waals surface area contributed by atoms with Crippen LogP contribution in [0.5, 0.6) is 0 Å². The summed E-state index contributed by atoms with van der Waals surface area (Å²) < 4.78 is 4.77. The van der Waals surface area contributed by atoms with Crippen LogP contribution < -0.4 is 10.6 Å². The zero-order valence-electron chi connectivity index (χ0n) is 9.64. The van der Waals surface area contributed by atoms with Crippen LogP contribution in [-0.4, -0.2) is 32.3 Å². The smallest absolute Gasteiger partial charge is 0.407 e. The number of hydrogen-bond donors (Lipinski definition) is 2. The van der Waals surface area contributed by atoms with Gasteiger partial charge >= 0.3 is 6.09 Å². The summed E-state index contributed by atoms with van der Waals surface area (Å²) in [6, 6.07) is 0. The summed E-state index contributed by atoms with van der Waals surface area (Å²) in [4.78, 5) is 10.6. The highest BCUT2D eigenvalue weighted by Gasteiger charge is 1.96. The van der Waals surface area contributed by atoms with Gasteiger partial charge in [-0.15, -0.1) is 0 Å². The SMILES string of the molecule is CC.CCNCCOC(=O)NCC.S.[HH].[HH]. The number of carbonyl (C=O) groups is 1. The normalized spacial score (nSPS) is 7.71. The third kappa shape index (κ3) is 17.6. The first-order valence-electron chi connectivity index (χ1n) is 4.92. The minimum absolute atomic E-state index is 0. The first kappa shape index (κ1) is 19.2. The van der Waals surface area contributed by atoms with Gasteiger partial charge in [-0.25, -0.2) is 4.79 Å². The molecule has 0 aliphatic rings. The van der Waals surface area contributed by atoms with Crippen molar-refractivity contribution in [3.05, 3.63) is 0 Å². The molecule has 1 amide bonds. The Hall–Kier alpha value is -0.420. The molecular weight excluding hydrogens is 200 g/mol. The van der Waals surface area contributed by atoms with E-state index in [0.29, 0.717) is 19.7 Å². The van der Waals surface area contributed by atoms with Crippen molar-refractivity contribution in [1.82, 2.24) is 10.6 Å². The Morgan fingerprint density at radius 1 is 1.29 bits per heavy atom. The summed E-state index contributed by atoms with van der Waals surface area (Å²) >= 11 is 0. The third-order valence-electron chi connectivity index (χ3n) is 1.08. The summed E-state index contributed by atoms with van der Waals surface area (Å²) in [5.74, 6) is 0. The summed E-state index contributed by atoms with van der Waals surface area (Å²) in [6.07, 6.45) is -0.342. The van der Waals surface area contributed by atoms with Crippen LogP contribution in [0.4, 0.5) is 4.79 Å². The summed E-state index contributed by atoms with van der Waals surface area (Å²) in [5, 5.41) is 5.57. The van der Waals surface area contributed by atoms with E-state index >= 15 is 0 Å². The monoisotopic (exact) mass is 228 g/mol. The van der Waals surface area contributed by atoms with Crippen LogP contribution in [0.25, 0.3) is 0 Å². The number of carbonyl (C=O) groups excluding carboxylic acids is 1. The van der Waals surface area contributed by atoms with Crippen LogP contribution in [0.3, 0.4) is 0 Å². The van der Waals surface area contributed by atoms with Crippen molar-refractivity contribution in [3.8, 4) is 0 Å². The second-order valence-corrected chi connectivity index (χ2v) is 2.02. The van der Waals surface area contributed by atoms with E-state index in [9.17, 15) is 4.79 Å². The molecule has 0 aliphatic carbocycles. The first-order chi connectivity index (χ1) is 6.31. The van der Waals surface area contributed by atoms with Gasteiger partial charge in [0.25, 0.3) is 0 Å². The maximum Gasteiger partial charge on any atom is 0.407 e. The molecule has 0 fully saturated rings. The fourth-order valence-electron chi connectivity index (χ4n) is 0.588. The Morgan fingerprint density at radius 3 is 2.29 bits per heavy atom. The van der Waals surface area contributed by atoms with Gasteiger partial charge in [0, 0.05) is 15.9 Å². The highest BCUT2D eigenvalue weighted by Crippen LogP contribution is 1.74. The van der Waals surface area contributed by atoms with Gasteiger partial charge in [0.1, 0.15) is 6.61 Å². The lowest BCUT2D eigenvalue weighted by Gasteiger charge is -2.04. The average molecular weight is 228 g/mol. The minimum atomic E-state index is -0.342. The Balaban J connectivity index is -0.0000000760. The maximum atomic E-state index is 10.6. The van der Waals surface area contributed by atoms with Crippen molar-refractivity contribution >= 4 is 19.6 Å². The Bertz CT molecular complexity index is 122. The van der Waals surface area contributed by atoms with Gasteiger partial charge in [0.05, 0.1) is 0 Å². The topological polar surface area (TPSA) is 50.4 Å². The quantitative estimate of drug-likeness (QED) is 0.707. The second-order valence-electron chi connectivity index (χ2n) is 2.02. The number of nitrogens with one attached hydrogen (secondary N) is 2. The van der Waals surface area contributed by atoms with E-state index in [0.717, 1.165) is 6.54 Å². The fraction of sp³-hybridized carbons (Fsp3) is 0.889. The van der Waals surface area contributed by atoms with E-state index in [-0.39, 0.29) is 22.4 Å². The molecule has 0 rings (SSSR count). The van der Waals surface area contributed by atoms with Gasteiger partial charge < -0.3 is 15.4 Å². The van der Waals surface area contributed by atoms with Gasteiger partial charge in [0.15, 0.2) is 0 Å². The molecule has 0 saturated heterocycles. The van der Waals surface area contributed by atoms with Crippen LogP contribution in [0.2, 0.25) is 0 Å². The molecule has 5 heteroatoms. The molecule has 14 heavy (non-hydrogen) atoms.